The Morgan fingerprint density at radius 2 is 1.55 bits per heavy atom. The molecule has 0 spiro atoms. The zero-order valence-electron chi connectivity index (χ0n) is 20.9. The first-order chi connectivity index (χ1) is 18.4. The molecular formula is C28H30FN3O5S. The smallest absolute Gasteiger partial charge is 0.264 e. The molecule has 0 saturated carbocycles. The Bertz CT molecular complexity index is 1370. The summed E-state index contributed by atoms with van der Waals surface area (Å²) in [5, 5.41) is 2.80. The fraction of sp³-hybridized carbons (Fsp3) is 0.321. The molecule has 1 fully saturated rings. The molecule has 10 heteroatoms. The van der Waals surface area contributed by atoms with E-state index in [2.05, 4.69) is 22.3 Å². The molecule has 2 aliphatic rings. The number of hydrogen-bond donors (Lipinski definition) is 1. The van der Waals surface area contributed by atoms with Crippen molar-refractivity contribution in [3.8, 4) is 11.5 Å². The topological polar surface area (TPSA) is 88.2 Å². The van der Waals surface area contributed by atoms with E-state index < -0.39 is 28.3 Å². The summed E-state index contributed by atoms with van der Waals surface area (Å²) in [7, 11) is -4.19. The van der Waals surface area contributed by atoms with Crippen LogP contribution in [-0.4, -0.2) is 52.1 Å². The van der Waals surface area contributed by atoms with Gasteiger partial charge in [-0.1, -0.05) is 24.3 Å². The highest BCUT2D eigenvalue weighted by molar-refractivity contribution is 7.92. The summed E-state index contributed by atoms with van der Waals surface area (Å²) in [4.78, 5) is 15.3. The minimum atomic E-state index is -4.19. The van der Waals surface area contributed by atoms with Crippen molar-refractivity contribution in [1.29, 1.82) is 0 Å². The molecule has 0 atom stereocenters. The molecular weight excluding hydrogens is 509 g/mol. The second-order valence-corrected chi connectivity index (χ2v) is 11.2. The van der Waals surface area contributed by atoms with Crippen LogP contribution in [0.1, 0.15) is 24.0 Å². The highest BCUT2D eigenvalue weighted by Crippen LogP contribution is 2.34. The lowest BCUT2D eigenvalue weighted by Gasteiger charge is -2.25. The fourth-order valence-electron chi connectivity index (χ4n) is 4.58. The molecule has 2 heterocycles. The van der Waals surface area contributed by atoms with E-state index in [4.69, 9.17) is 9.47 Å². The maximum Gasteiger partial charge on any atom is 0.264 e. The van der Waals surface area contributed by atoms with Crippen molar-refractivity contribution in [2.24, 2.45) is 0 Å². The number of likely N-dealkylation sites (tertiary alicyclic amines) is 1. The summed E-state index contributed by atoms with van der Waals surface area (Å²) in [5.41, 5.74) is 2.30. The van der Waals surface area contributed by atoms with Gasteiger partial charge in [-0.3, -0.25) is 14.0 Å². The quantitative estimate of drug-likeness (QED) is 0.446. The van der Waals surface area contributed by atoms with Crippen LogP contribution in [-0.2, 0) is 27.9 Å². The van der Waals surface area contributed by atoms with E-state index in [9.17, 15) is 17.6 Å². The Morgan fingerprint density at radius 1 is 0.895 bits per heavy atom. The van der Waals surface area contributed by atoms with Crippen molar-refractivity contribution in [2.75, 3.05) is 37.2 Å². The van der Waals surface area contributed by atoms with Crippen LogP contribution in [0.15, 0.2) is 71.6 Å². The molecule has 8 nitrogen and oxygen atoms in total. The third-order valence-corrected chi connectivity index (χ3v) is 8.39. The number of rotatable bonds is 9. The normalized spacial score (nSPS) is 15.3. The number of benzene rings is 3. The molecule has 2 aliphatic heterocycles. The van der Waals surface area contributed by atoms with Gasteiger partial charge >= 0.3 is 0 Å². The number of nitrogens with zero attached hydrogens (tertiary/aromatic N) is 2. The van der Waals surface area contributed by atoms with E-state index in [0.717, 1.165) is 41.6 Å². The average Bonchev–Trinajstić information content (AvgIpc) is 3.45. The van der Waals surface area contributed by atoms with Crippen molar-refractivity contribution < 1.29 is 27.1 Å². The van der Waals surface area contributed by atoms with E-state index in [-0.39, 0.29) is 17.1 Å². The van der Waals surface area contributed by atoms with Crippen LogP contribution >= 0.6 is 0 Å². The molecule has 0 radical (unpaired) electrons. The molecule has 1 amide bonds. The van der Waals surface area contributed by atoms with Gasteiger partial charge in [0.15, 0.2) is 11.5 Å². The summed E-state index contributed by atoms with van der Waals surface area (Å²) >= 11 is 0. The molecule has 1 saturated heterocycles. The van der Waals surface area contributed by atoms with Crippen LogP contribution in [0.4, 0.5) is 10.1 Å². The third-order valence-electron chi connectivity index (χ3n) is 6.62. The molecule has 1 N–H and O–H groups in total. The van der Waals surface area contributed by atoms with Crippen molar-refractivity contribution in [3.63, 3.8) is 0 Å². The number of sulfonamides is 1. The van der Waals surface area contributed by atoms with Gasteiger partial charge in [0.1, 0.15) is 25.6 Å². The summed E-state index contributed by atoms with van der Waals surface area (Å²) in [6, 6.07) is 17.3. The predicted molar refractivity (Wildman–Crippen MR) is 141 cm³/mol. The lowest BCUT2D eigenvalue weighted by atomic mass is 10.1. The first-order valence-electron chi connectivity index (χ1n) is 12.6. The zero-order chi connectivity index (χ0) is 26.5. The van der Waals surface area contributed by atoms with Gasteiger partial charge in [-0.25, -0.2) is 12.8 Å². The lowest BCUT2D eigenvalue weighted by molar-refractivity contribution is -0.119. The van der Waals surface area contributed by atoms with Gasteiger partial charge in [-0.05, 0) is 73.5 Å². The highest BCUT2D eigenvalue weighted by atomic mass is 32.2. The van der Waals surface area contributed by atoms with Crippen LogP contribution < -0.4 is 19.1 Å². The van der Waals surface area contributed by atoms with Crippen LogP contribution in [0.25, 0.3) is 0 Å². The van der Waals surface area contributed by atoms with Gasteiger partial charge in [0.2, 0.25) is 5.91 Å². The van der Waals surface area contributed by atoms with Gasteiger partial charge in [0, 0.05) is 19.2 Å². The van der Waals surface area contributed by atoms with Crippen molar-refractivity contribution in [2.45, 2.75) is 30.8 Å². The number of amides is 1. The summed E-state index contributed by atoms with van der Waals surface area (Å²) < 4.78 is 52.9. The highest BCUT2D eigenvalue weighted by Gasteiger charge is 2.29. The maximum atomic E-state index is 13.6. The molecule has 38 heavy (non-hydrogen) atoms. The van der Waals surface area contributed by atoms with Gasteiger partial charge in [-0.15, -0.1) is 0 Å². The second-order valence-electron chi connectivity index (χ2n) is 9.37. The first kappa shape index (κ1) is 26.0. The molecule has 0 unspecified atom stereocenters. The van der Waals surface area contributed by atoms with Crippen molar-refractivity contribution >= 4 is 21.6 Å². The number of fused-ring (bicyclic) bond motifs is 1. The van der Waals surface area contributed by atoms with Crippen LogP contribution in [0.5, 0.6) is 11.5 Å². The molecule has 3 aromatic carbocycles. The molecule has 5 rings (SSSR count). The van der Waals surface area contributed by atoms with Crippen molar-refractivity contribution in [1.82, 2.24) is 10.2 Å². The molecule has 200 valence electrons. The van der Waals surface area contributed by atoms with Gasteiger partial charge in [-0.2, -0.15) is 0 Å². The Balaban J connectivity index is 1.29. The van der Waals surface area contributed by atoms with Crippen molar-refractivity contribution in [3.05, 3.63) is 83.7 Å². The Labute approximate surface area is 222 Å². The molecule has 3 aromatic rings. The number of carbonyl (C=O) groups excluding carboxylic acids is 1. The summed E-state index contributed by atoms with van der Waals surface area (Å²) in [6.07, 6.45) is 2.48. The lowest BCUT2D eigenvalue weighted by Crippen LogP contribution is -2.40. The van der Waals surface area contributed by atoms with E-state index in [1.165, 1.54) is 48.7 Å². The number of hydrogen-bond acceptors (Lipinski definition) is 6. The number of nitrogens with one attached hydrogen (secondary N) is 1. The summed E-state index contributed by atoms with van der Waals surface area (Å²) in [5.74, 6) is -0.235. The second kappa shape index (κ2) is 11.4. The monoisotopic (exact) mass is 539 g/mol. The standard InChI is InChI=1S/C28H30FN3O5S/c29-23-7-9-24(10-8-23)32(38(34,35)25-11-12-26-27(17-25)37-16-15-36-26)20-28(33)30-18-21-3-5-22(6-4-21)19-31-13-1-2-14-31/h3-12,17H,1-2,13-16,18-20H2,(H,30,33). The van der Waals surface area contributed by atoms with Gasteiger partial charge in [0.05, 0.1) is 10.6 Å². The van der Waals surface area contributed by atoms with E-state index >= 15 is 0 Å². The van der Waals surface area contributed by atoms with Crippen LogP contribution in [0.2, 0.25) is 0 Å². The Morgan fingerprint density at radius 3 is 2.26 bits per heavy atom. The van der Waals surface area contributed by atoms with Crippen LogP contribution in [0.3, 0.4) is 0 Å². The Kier molecular flexibility index (Phi) is 7.80. The first-order valence-corrected chi connectivity index (χ1v) is 14.1. The van der Waals surface area contributed by atoms with Gasteiger partial charge in [0.25, 0.3) is 10.0 Å². The molecule has 0 aromatic heterocycles. The molecule has 0 aliphatic carbocycles. The summed E-state index contributed by atoms with van der Waals surface area (Å²) in [6.45, 7) is 3.62. The minimum absolute atomic E-state index is 0.0625. The average molecular weight is 540 g/mol. The SMILES string of the molecule is O=C(CN(c1ccc(F)cc1)S(=O)(=O)c1ccc2c(c1)OCCO2)NCc1ccc(CN2CCCC2)cc1. The maximum absolute atomic E-state index is 13.6. The molecule has 0 bridgehead atoms. The van der Waals surface area contributed by atoms with E-state index in [1.54, 1.807) is 0 Å². The Hall–Kier alpha value is -3.63. The van der Waals surface area contributed by atoms with Gasteiger partial charge < -0.3 is 14.8 Å². The fourth-order valence-corrected chi connectivity index (χ4v) is 6.02. The third kappa shape index (κ3) is 6.08. The van der Waals surface area contributed by atoms with E-state index in [0.29, 0.717) is 24.7 Å². The number of ether oxygens (including phenoxy) is 2. The number of anilines is 1. The number of halogens is 1. The largest absolute Gasteiger partial charge is 0.486 e. The zero-order valence-corrected chi connectivity index (χ0v) is 21.8. The van der Waals surface area contributed by atoms with E-state index in [1.807, 2.05) is 12.1 Å². The minimum Gasteiger partial charge on any atom is -0.486 e. The number of carbonyl (C=O) groups is 1. The van der Waals surface area contributed by atoms with Crippen LogP contribution in [0, 0.1) is 5.82 Å². The predicted octanol–water partition coefficient (Wildman–Crippen LogP) is 3.70.